The zero-order valence-corrected chi connectivity index (χ0v) is 18.8. The molecule has 1 fully saturated rings. The van der Waals surface area contributed by atoms with E-state index in [2.05, 4.69) is 51.4 Å². The van der Waals surface area contributed by atoms with Crippen LogP contribution in [0.2, 0.25) is 0 Å². The lowest BCUT2D eigenvalue weighted by Gasteiger charge is -2.35. The molecule has 1 saturated heterocycles. The summed E-state index contributed by atoms with van der Waals surface area (Å²) in [6.07, 6.45) is 1.65. The first-order valence-corrected chi connectivity index (χ1v) is 11.6. The number of urea groups is 1. The van der Waals surface area contributed by atoms with Crippen LogP contribution in [0.1, 0.15) is 11.1 Å². The second kappa shape index (κ2) is 8.96. The van der Waals surface area contributed by atoms with Gasteiger partial charge in [-0.1, -0.05) is 60.7 Å². The monoisotopic (exact) mass is 443 g/mol. The Labute approximate surface area is 191 Å². The number of nitrogens with one attached hydrogen (secondary N) is 1. The number of benzene rings is 2. The third-order valence-corrected chi connectivity index (χ3v) is 7.14. The first kappa shape index (κ1) is 20.5. The fourth-order valence-electron chi connectivity index (χ4n) is 4.16. The number of amides is 2. The second-order valence-electron chi connectivity index (χ2n) is 7.92. The van der Waals surface area contributed by atoms with Crippen molar-refractivity contribution in [3.05, 3.63) is 78.1 Å². The minimum absolute atomic E-state index is 0.0144. The van der Waals surface area contributed by atoms with Crippen molar-refractivity contribution in [3.63, 3.8) is 0 Å². The van der Waals surface area contributed by atoms with Crippen LogP contribution in [0.25, 0.3) is 20.7 Å². The Balaban J connectivity index is 1.30. The molecule has 0 bridgehead atoms. The lowest BCUT2D eigenvalue weighted by atomic mass is 10.1. The van der Waals surface area contributed by atoms with Gasteiger partial charge in [-0.3, -0.25) is 0 Å². The summed E-state index contributed by atoms with van der Waals surface area (Å²) in [7, 11) is 0. The molecule has 0 spiro atoms. The number of piperazine rings is 1. The highest BCUT2D eigenvalue weighted by Crippen LogP contribution is 2.40. The number of aryl methyl sites for hydroxylation is 1. The Morgan fingerprint density at radius 3 is 2.38 bits per heavy atom. The van der Waals surface area contributed by atoms with E-state index in [-0.39, 0.29) is 6.03 Å². The Kier molecular flexibility index (Phi) is 5.73. The number of carbonyl (C=O) groups is 1. The quantitative estimate of drug-likeness (QED) is 0.497. The van der Waals surface area contributed by atoms with E-state index in [1.54, 1.807) is 17.7 Å². The summed E-state index contributed by atoms with van der Waals surface area (Å²) in [5.74, 6) is 0.968. The minimum atomic E-state index is -0.0144. The van der Waals surface area contributed by atoms with Crippen LogP contribution in [0, 0.1) is 6.92 Å². The molecule has 0 saturated carbocycles. The number of hydrogen-bond acceptors (Lipinski definition) is 5. The molecule has 0 aliphatic carbocycles. The molecule has 1 aliphatic heterocycles. The molecule has 2 aromatic heterocycles. The van der Waals surface area contributed by atoms with Crippen LogP contribution in [-0.4, -0.2) is 47.1 Å². The van der Waals surface area contributed by atoms with Crippen molar-refractivity contribution in [2.24, 2.45) is 0 Å². The normalized spacial score (nSPS) is 14.0. The van der Waals surface area contributed by atoms with Crippen LogP contribution in [0.15, 0.2) is 67.0 Å². The number of carbonyl (C=O) groups excluding carboxylic acids is 1. The molecule has 1 N–H and O–H groups in total. The Morgan fingerprint density at radius 2 is 1.66 bits per heavy atom. The predicted octanol–water partition coefficient (Wildman–Crippen LogP) is 4.70. The van der Waals surface area contributed by atoms with Crippen molar-refractivity contribution in [1.29, 1.82) is 0 Å². The molecule has 1 aliphatic rings. The highest BCUT2D eigenvalue weighted by atomic mass is 32.1. The number of fused-ring (bicyclic) bond motifs is 1. The second-order valence-corrected chi connectivity index (χ2v) is 8.92. The number of aromatic nitrogens is 2. The molecular weight excluding hydrogens is 418 g/mol. The number of thiophene rings is 1. The maximum Gasteiger partial charge on any atom is 0.317 e. The zero-order valence-electron chi connectivity index (χ0n) is 18.0. The van der Waals surface area contributed by atoms with Crippen molar-refractivity contribution < 1.29 is 4.79 Å². The molecule has 2 aromatic carbocycles. The van der Waals surface area contributed by atoms with Crippen molar-refractivity contribution in [2.45, 2.75) is 13.5 Å². The SMILES string of the molecule is Cc1c(-c2ccccc2)sc2ncnc(N3CCN(C(=O)NCc4ccccc4)CC3)c12. The van der Waals surface area contributed by atoms with E-state index in [1.807, 2.05) is 41.3 Å². The van der Waals surface area contributed by atoms with Gasteiger partial charge in [-0.2, -0.15) is 0 Å². The van der Waals surface area contributed by atoms with E-state index in [0.29, 0.717) is 19.6 Å². The fourth-order valence-corrected chi connectivity index (χ4v) is 5.31. The molecule has 0 atom stereocenters. The Bertz CT molecular complexity index is 1220. The summed E-state index contributed by atoms with van der Waals surface area (Å²) in [5, 5.41) is 4.15. The van der Waals surface area contributed by atoms with Gasteiger partial charge in [-0.05, 0) is 23.6 Å². The smallest absolute Gasteiger partial charge is 0.317 e. The van der Waals surface area contributed by atoms with E-state index in [9.17, 15) is 4.79 Å². The average molecular weight is 444 g/mol. The molecule has 7 heteroatoms. The van der Waals surface area contributed by atoms with Gasteiger partial charge in [0.1, 0.15) is 17.0 Å². The van der Waals surface area contributed by atoms with Crippen LogP contribution >= 0.6 is 11.3 Å². The van der Waals surface area contributed by atoms with Crippen molar-refractivity contribution in [1.82, 2.24) is 20.2 Å². The summed E-state index contributed by atoms with van der Waals surface area (Å²) < 4.78 is 0. The maximum atomic E-state index is 12.6. The zero-order chi connectivity index (χ0) is 21.9. The Morgan fingerprint density at radius 1 is 0.969 bits per heavy atom. The van der Waals surface area contributed by atoms with Gasteiger partial charge < -0.3 is 15.1 Å². The topological polar surface area (TPSA) is 61.4 Å². The standard InChI is InChI=1S/C25H25N5OS/c1-18-21-23(27-17-28-24(21)32-22(18)20-10-6-3-7-11-20)29-12-14-30(15-13-29)25(31)26-16-19-8-4-2-5-9-19/h2-11,17H,12-16H2,1H3,(H,26,31). The number of hydrogen-bond donors (Lipinski definition) is 1. The fraction of sp³-hybridized carbons (Fsp3) is 0.240. The lowest BCUT2D eigenvalue weighted by Crippen LogP contribution is -2.52. The molecule has 5 rings (SSSR count). The summed E-state index contributed by atoms with van der Waals surface area (Å²) in [6.45, 7) is 5.54. The first-order chi connectivity index (χ1) is 15.7. The van der Waals surface area contributed by atoms with E-state index in [0.717, 1.165) is 34.7 Å². The Hall–Kier alpha value is -3.45. The minimum Gasteiger partial charge on any atom is -0.352 e. The molecule has 3 heterocycles. The molecule has 0 unspecified atom stereocenters. The summed E-state index contributed by atoms with van der Waals surface area (Å²) in [4.78, 5) is 28.2. The van der Waals surface area contributed by atoms with Crippen molar-refractivity contribution in [2.75, 3.05) is 31.1 Å². The van der Waals surface area contributed by atoms with Gasteiger partial charge in [0, 0.05) is 37.6 Å². The van der Waals surface area contributed by atoms with E-state index in [4.69, 9.17) is 0 Å². The van der Waals surface area contributed by atoms with Crippen LogP contribution in [0.3, 0.4) is 0 Å². The van der Waals surface area contributed by atoms with E-state index < -0.39 is 0 Å². The molecular formula is C25H25N5OS. The van der Waals surface area contributed by atoms with Crippen molar-refractivity contribution >= 4 is 33.4 Å². The number of nitrogens with zero attached hydrogens (tertiary/aromatic N) is 4. The van der Waals surface area contributed by atoms with Gasteiger partial charge in [0.2, 0.25) is 0 Å². The largest absolute Gasteiger partial charge is 0.352 e. The van der Waals surface area contributed by atoms with E-state index in [1.165, 1.54) is 16.0 Å². The third kappa shape index (κ3) is 4.03. The van der Waals surface area contributed by atoms with Gasteiger partial charge >= 0.3 is 6.03 Å². The number of rotatable bonds is 4. The van der Waals surface area contributed by atoms with Gasteiger partial charge in [0.15, 0.2) is 0 Å². The van der Waals surface area contributed by atoms with Crippen LogP contribution in [-0.2, 0) is 6.54 Å². The predicted molar refractivity (Wildman–Crippen MR) is 130 cm³/mol. The molecule has 0 radical (unpaired) electrons. The summed E-state index contributed by atoms with van der Waals surface area (Å²) in [6, 6.07) is 20.4. The van der Waals surface area contributed by atoms with Gasteiger partial charge in [0.25, 0.3) is 0 Å². The highest BCUT2D eigenvalue weighted by molar-refractivity contribution is 7.22. The third-order valence-electron chi connectivity index (χ3n) is 5.90. The molecule has 32 heavy (non-hydrogen) atoms. The first-order valence-electron chi connectivity index (χ1n) is 10.8. The number of anilines is 1. The van der Waals surface area contributed by atoms with Crippen LogP contribution in [0.5, 0.6) is 0 Å². The molecule has 162 valence electrons. The van der Waals surface area contributed by atoms with Gasteiger partial charge in [-0.25, -0.2) is 14.8 Å². The summed E-state index contributed by atoms with van der Waals surface area (Å²) >= 11 is 1.71. The van der Waals surface area contributed by atoms with Crippen LogP contribution in [0.4, 0.5) is 10.6 Å². The average Bonchev–Trinajstić information content (AvgIpc) is 3.20. The van der Waals surface area contributed by atoms with Crippen molar-refractivity contribution in [3.8, 4) is 10.4 Å². The summed E-state index contributed by atoms with van der Waals surface area (Å²) in [5.41, 5.74) is 3.53. The molecule has 6 nitrogen and oxygen atoms in total. The van der Waals surface area contributed by atoms with E-state index >= 15 is 0 Å². The lowest BCUT2D eigenvalue weighted by molar-refractivity contribution is 0.194. The molecule has 4 aromatic rings. The van der Waals surface area contributed by atoms with Crippen LogP contribution < -0.4 is 10.2 Å². The van der Waals surface area contributed by atoms with Gasteiger partial charge in [-0.15, -0.1) is 11.3 Å². The molecule has 2 amide bonds. The van der Waals surface area contributed by atoms with Gasteiger partial charge in [0.05, 0.1) is 5.39 Å². The maximum absolute atomic E-state index is 12.6. The highest BCUT2D eigenvalue weighted by Gasteiger charge is 2.25.